The Labute approximate surface area is 103 Å². The second-order valence-electron chi connectivity index (χ2n) is 3.84. The van der Waals surface area contributed by atoms with Crippen LogP contribution in [0.4, 0.5) is 0 Å². The van der Waals surface area contributed by atoms with E-state index in [-0.39, 0.29) is 6.04 Å². The first-order valence-electron chi connectivity index (χ1n) is 5.16. The molecule has 4 heteroatoms. The SMILES string of the molecule is Cc1ccccc1C(N)Cn1cc(Br)cn1. The highest BCUT2D eigenvalue weighted by atomic mass is 79.9. The predicted molar refractivity (Wildman–Crippen MR) is 68.0 cm³/mol. The van der Waals surface area contributed by atoms with E-state index in [2.05, 4.69) is 40.1 Å². The normalized spacial score (nSPS) is 12.7. The average molecular weight is 280 g/mol. The van der Waals surface area contributed by atoms with Crippen LogP contribution in [0.15, 0.2) is 41.1 Å². The molecule has 1 atom stereocenters. The summed E-state index contributed by atoms with van der Waals surface area (Å²) in [5.41, 5.74) is 8.56. The van der Waals surface area contributed by atoms with Gasteiger partial charge in [-0.05, 0) is 34.0 Å². The third kappa shape index (κ3) is 2.51. The Morgan fingerprint density at radius 2 is 2.19 bits per heavy atom. The van der Waals surface area contributed by atoms with Gasteiger partial charge in [0, 0.05) is 12.2 Å². The fourth-order valence-electron chi connectivity index (χ4n) is 1.74. The highest BCUT2D eigenvalue weighted by Crippen LogP contribution is 2.17. The van der Waals surface area contributed by atoms with Crippen LogP contribution in [0.3, 0.4) is 0 Å². The molecule has 84 valence electrons. The van der Waals surface area contributed by atoms with Crippen molar-refractivity contribution in [2.45, 2.75) is 19.5 Å². The molecule has 0 bridgehead atoms. The van der Waals surface area contributed by atoms with Gasteiger partial charge in [-0.15, -0.1) is 0 Å². The third-order valence-corrected chi connectivity index (χ3v) is 2.98. The van der Waals surface area contributed by atoms with Gasteiger partial charge in [-0.1, -0.05) is 24.3 Å². The molecule has 2 rings (SSSR count). The zero-order chi connectivity index (χ0) is 11.5. The van der Waals surface area contributed by atoms with Gasteiger partial charge >= 0.3 is 0 Å². The van der Waals surface area contributed by atoms with Crippen LogP contribution in [0.1, 0.15) is 17.2 Å². The zero-order valence-electron chi connectivity index (χ0n) is 9.10. The van der Waals surface area contributed by atoms with Gasteiger partial charge in [0.1, 0.15) is 0 Å². The van der Waals surface area contributed by atoms with E-state index in [9.17, 15) is 0 Å². The molecule has 2 aromatic rings. The lowest BCUT2D eigenvalue weighted by molar-refractivity contribution is 0.526. The first kappa shape index (κ1) is 11.4. The van der Waals surface area contributed by atoms with Crippen LogP contribution in [0.2, 0.25) is 0 Å². The molecule has 0 saturated carbocycles. The summed E-state index contributed by atoms with van der Waals surface area (Å²) in [4.78, 5) is 0. The Hall–Kier alpha value is -1.13. The van der Waals surface area contributed by atoms with Crippen LogP contribution in [0, 0.1) is 6.92 Å². The van der Waals surface area contributed by atoms with Crippen molar-refractivity contribution in [3.8, 4) is 0 Å². The smallest absolute Gasteiger partial charge is 0.0632 e. The van der Waals surface area contributed by atoms with E-state index in [0.717, 1.165) is 4.47 Å². The number of halogens is 1. The van der Waals surface area contributed by atoms with Crippen molar-refractivity contribution in [2.75, 3.05) is 0 Å². The van der Waals surface area contributed by atoms with Gasteiger partial charge in [-0.25, -0.2) is 0 Å². The lowest BCUT2D eigenvalue weighted by Crippen LogP contribution is -2.18. The van der Waals surface area contributed by atoms with Crippen LogP contribution in [-0.2, 0) is 6.54 Å². The Morgan fingerprint density at radius 3 is 2.81 bits per heavy atom. The molecule has 16 heavy (non-hydrogen) atoms. The standard InChI is InChI=1S/C12H14BrN3/c1-9-4-2-3-5-11(9)12(14)8-16-7-10(13)6-15-16/h2-7,12H,8,14H2,1H3. The van der Waals surface area contributed by atoms with Gasteiger partial charge < -0.3 is 5.73 Å². The summed E-state index contributed by atoms with van der Waals surface area (Å²) in [6.07, 6.45) is 3.70. The van der Waals surface area contributed by atoms with Crippen molar-refractivity contribution in [3.05, 3.63) is 52.3 Å². The van der Waals surface area contributed by atoms with Crippen molar-refractivity contribution in [1.82, 2.24) is 9.78 Å². The minimum Gasteiger partial charge on any atom is -0.322 e. The zero-order valence-corrected chi connectivity index (χ0v) is 10.7. The van der Waals surface area contributed by atoms with E-state index >= 15 is 0 Å². The molecule has 1 heterocycles. The van der Waals surface area contributed by atoms with Crippen molar-refractivity contribution < 1.29 is 0 Å². The molecule has 0 spiro atoms. The number of rotatable bonds is 3. The molecule has 0 fully saturated rings. The first-order chi connectivity index (χ1) is 7.66. The lowest BCUT2D eigenvalue weighted by atomic mass is 10.0. The van der Waals surface area contributed by atoms with Crippen molar-refractivity contribution in [3.63, 3.8) is 0 Å². The predicted octanol–water partition coefficient (Wildman–Crippen LogP) is 2.65. The van der Waals surface area contributed by atoms with Gasteiger partial charge in [-0.2, -0.15) is 5.10 Å². The Balaban J connectivity index is 2.14. The number of hydrogen-bond acceptors (Lipinski definition) is 2. The molecule has 2 N–H and O–H groups in total. The molecule has 1 aromatic carbocycles. The number of aryl methyl sites for hydroxylation is 1. The largest absolute Gasteiger partial charge is 0.322 e. The van der Waals surface area contributed by atoms with E-state index < -0.39 is 0 Å². The monoisotopic (exact) mass is 279 g/mol. The maximum absolute atomic E-state index is 6.16. The van der Waals surface area contributed by atoms with Crippen LogP contribution in [-0.4, -0.2) is 9.78 Å². The summed E-state index contributed by atoms with van der Waals surface area (Å²) in [6, 6.07) is 8.16. The molecule has 3 nitrogen and oxygen atoms in total. The molecular weight excluding hydrogens is 266 g/mol. The first-order valence-corrected chi connectivity index (χ1v) is 5.95. The molecule has 0 aliphatic carbocycles. The van der Waals surface area contributed by atoms with Crippen LogP contribution in [0.25, 0.3) is 0 Å². The van der Waals surface area contributed by atoms with E-state index in [1.165, 1.54) is 11.1 Å². The molecule has 0 amide bonds. The van der Waals surface area contributed by atoms with E-state index in [1.807, 2.05) is 23.0 Å². The summed E-state index contributed by atoms with van der Waals surface area (Å²) in [7, 11) is 0. The molecule has 1 unspecified atom stereocenters. The fourth-order valence-corrected chi connectivity index (χ4v) is 2.07. The van der Waals surface area contributed by atoms with E-state index in [0.29, 0.717) is 6.54 Å². The summed E-state index contributed by atoms with van der Waals surface area (Å²) in [5.74, 6) is 0. The number of hydrogen-bond donors (Lipinski definition) is 1. The van der Waals surface area contributed by atoms with Crippen molar-refractivity contribution in [2.24, 2.45) is 5.73 Å². The van der Waals surface area contributed by atoms with Gasteiger partial charge in [0.05, 0.1) is 17.2 Å². The third-order valence-electron chi connectivity index (χ3n) is 2.57. The maximum atomic E-state index is 6.16. The van der Waals surface area contributed by atoms with Gasteiger partial charge in [0.15, 0.2) is 0 Å². The Morgan fingerprint density at radius 1 is 1.44 bits per heavy atom. The quantitative estimate of drug-likeness (QED) is 0.939. The molecular formula is C12H14BrN3. The summed E-state index contributed by atoms with van der Waals surface area (Å²) in [5, 5.41) is 4.20. The molecule has 0 saturated heterocycles. The second-order valence-corrected chi connectivity index (χ2v) is 4.76. The Kier molecular flexibility index (Phi) is 3.41. The van der Waals surface area contributed by atoms with Gasteiger partial charge in [0.25, 0.3) is 0 Å². The maximum Gasteiger partial charge on any atom is 0.0632 e. The van der Waals surface area contributed by atoms with Crippen LogP contribution >= 0.6 is 15.9 Å². The number of benzene rings is 1. The fraction of sp³-hybridized carbons (Fsp3) is 0.250. The number of nitrogens with zero attached hydrogens (tertiary/aromatic N) is 2. The second kappa shape index (κ2) is 4.80. The molecule has 1 aromatic heterocycles. The Bertz CT molecular complexity index is 479. The van der Waals surface area contributed by atoms with E-state index in [4.69, 9.17) is 5.73 Å². The summed E-state index contributed by atoms with van der Waals surface area (Å²) < 4.78 is 2.82. The number of nitrogens with two attached hydrogens (primary N) is 1. The molecule has 0 aliphatic rings. The molecule has 0 aliphatic heterocycles. The number of aromatic nitrogens is 2. The highest BCUT2D eigenvalue weighted by Gasteiger charge is 2.09. The van der Waals surface area contributed by atoms with Crippen LogP contribution in [0.5, 0.6) is 0 Å². The minimum atomic E-state index is -0.0204. The highest BCUT2D eigenvalue weighted by molar-refractivity contribution is 9.10. The minimum absolute atomic E-state index is 0.0204. The van der Waals surface area contributed by atoms with Gasteiger partial charge in [-0.3, -0.25) is 4.68 Å². The van der Waals surface area contributed by atoms with Crippen molar-refractivity contribution in [1.29, 1.82) is 0 Å². The lowest BCUT2D eigenvalue weighted by Gasteiger charge is -2.14. The average Bonchev–Trinajstić information content (AvgIpc) is 2.64. The summed E-state index contributed by atoms with van der Waals surface area (Å²) in [6.45, 7) is 2.77. The van der Waals surface area contributed by atoms with Crippen molar-refractivity contribution >= 4 is 15.9 Å². The van der Waals surface area contributed by atoms with Gasteiger partial charge in [0.2, 0.25) is 0 Å². The topological polar surface area (TPSA) is 43.8 Å². The summed E-state index contributed by atoms with van der Waals surface area (Å²) >= 11 is 3.37. The molecule has 0 radical (unpaired) electrons. The van der Waals surface area contributed by atoms with Crippen LogP contribution < -0.4 is 5.73 Å². The van der Waals surface area contributed by atoms with E-state index in [1.54, 1.807) is 6.20 Å².